The fourth-order valence-corrected chi connectivity index (χ4v) is 1.41. The normalized spacial score (nSPS) is 21.2. The Balaban J connectivity index is 2.21. The van der Waals surface area contributed by atoms with Gasteiger partial charge in [0, 0.05) is 5.92 Å². The van der Waals surface area contributed by atoms with Crippen molar-refractivity contribution in [3.8, 4) is 0 Å². The maximum Gasteiger partial charge on any atom is 0.00561 e. The van der Waals surface area contributed by atoms with Gasteiger partial charge in [-0.25, -0.2) is 0 Å². The Morgan fingerprint density at radius 3 is 2.75 bits per heavy atom. The predicted octanol–water partition coefficient (Wildman–Crippen LogP) is 2.89. The molecule has 58 valence electrons. The number of benzene rings is 1. The molecule has 0 spiro atoms. The van der Waals surface area contributed by atoms with Crippen molar-refractivity contribution in [2.75, 3.05) is 0 Å². The molecule has 0 heteroatoms. The third-order valence-corrected chi connectivity index (χ3v) is 2.09. The fraction of sp³-hybridized carbons (Fsp3) is 0.167. The van der Waals surface area contributed by atoms with E-state index >= 15 is 0 Å². The molecule has 0 N–H and O–H groups in total. The molecule has 2 rings (SSSR count). The lowest BCUT2D eigenvalue weighted by molar-refractivity contribution is 0.850. The molecule has 1 aromatic carbocycles. The van der Waals surface area contributed by atoms with Crippen molar-refractivity contribution >= 4 is 0 Å². The Morgan fingerprint density at radius 2 is 2.08 bits per heavy atom. The molecular formula is C12H10. The van der Waals surface area contributed by atoms with Crippen LogP contribution in [0.1, 0.15) is 17.9 Å². The van der Waals surface area contributed by atoms with E-state index in [0.717, 1.165) is 6.42 Å². The predicted molar refractivity (Wildman–Crippen MR) is 49.6 cm³/mol. The summed E-state index contributed by atoms with van der Waals surface area (Å²) < 4.78 is 0. The molecule has 0 fully saturated rings. The highest BCUT2D eigenvalue weighted by Gasteiger charge is 2.06. The molecule has 0 saturated carbocycles. The SMILES string of the molecule is [C]1=CCC(c2cc[c]cc2)C=C1. The fourth-order valence-electron chi connectivity index (χ4n) is 1.41. The van der Waals surface area contributed by atoms with E-state index in [9.17, 15) is 0 Å². The molecule has 0 aliphatic heterocycles. The maximum atomic E-state index is 3.07. The van der Waals surface area contributed by atoms with Crippen molar-refractivity contribution in [1.82, 2.24) is 0 Å². The Hall–Kier alpha value is -1.30. The van der Waals surface area contributed by atoms with E-state index in [-0.39, 0.29) is 0 Å². The van der Waals surface area contributed by atoms with Crippen LogP contribution in [0.3, 0.4) is 0 Å². The molecule has 0 aromatic heterocycles. The van der Waals surface area contributed by atoms with Crippen LogP contribution in [0.5, 0.6) is 0 Å². The molecule has 1 aromatic rings. The van der Waals surface area contributed by atoms with Crippen LogP contribution >= 0.6 is 0 Å². The average molecular weight is 154 g/mol. The zero-order chi connectivity index (χ0) is 8.23. The molecule has 12 heavy (non-hydrogen) atoms. The zero-order valence-electron chi connectivity index (χ0n) is 6.83. The maximum absolute atomic E-state index is 3.07. The van der Waals surface area contributed by atoms with Crippen molar-refractivity contribution in [2.45, 2.75) is 12.3 Å². The third kappa shape index (κ3) is 1.48. The van der Waals surface area contributed by atoms with Crippen LogP contribution in [0.4, 0.5) is 0 Å². The number of hydrogen-bond acceptors (Lipinski definition) is 0. The smallest absolute Gasteiger partial charge is 0.00561 e. The minimum atomic E-state index is 0.542. The number of allylic oxidation sites excluding steroid dienone is 4. The highest BCUT2D eigenvalue weighted by molar-refractivity contribution is 5.26. The minimum Gasteiger partial charge on any atom is -0.0761 e. The molecule has 0 amide bonds. The van der Waals surface area contributed by atoms with Crippen LogP contribution < -0.4 is 0 Å². The molecule has 0 bridgehead atoms. The second-order valence-electron chi connectivity index (χ2n) is 2.91. The molecule has 1 aliphatic carbocycles. The minimum absolute atomic E-state index is 0.542. The Labute approximate surface area is 73.2 Å². The van der Waals surface area contributed by atoms with Gasteiger partial charge in [0.15, 0.2) is 0 Å². The van der Waals surface area contributed by atoms with Crippen molar-refractivity contribution in [3.05, 3.63) is 60.2 Å². The van der Waals surface area contributed by atoms with Gasteiger partial charge in [0.1, 0.15) is 0 Å². The summed E-state index contributed by atoms with van der Waals surface area (Å²) in [5.74, 6) is 0.542. The summed E-state index contributed by atoms with van der Waals surface area (Å²) in [7, 11) is 0. The topological polar surface area (TPSA) is 0 Å². The highest BCUT2D eigenvalue weighted by Crippen LogP contribution is 2.23. The number of hydrogen-bond donors (Lipinski definition) is 0. The van der Waals surface area contributed by atoms with Crippen LogP contribution in [-0.2, 0) is 0 Å². The summed E-state index contributed by atoms with van der Waals surface area (Å²) in [6.45, 7) is 0. The molecule has 0 saturated heterocycles. The van der Waals surface area contributed by atoms with Crippen molar-refractivity contribution < 1.29 is 0 Å². The molecule has 0 heterocycles. The summed E-state index contributed by atoms with van der Waals surface area (Å²) in [5, 5.41) is 0. The lowest BCUT2D eigenvalue weighted by atomic mass is 9.93. The third-order valence-electron chi connectivity index (χ3n) is 2.09. The quantitative estimate of drug-likeness (QED) is 0.583. The van der Waals surface area contributed by atoms with Crippen LogP contribution in [0.25, 0.3) is 0 Å². The van der Waals surface area contributed by atoms with Crippen LogP contribution in [-0.4, -0.2) is 0 Å². The first-order valence-corrected chi connectivity index (χ1v) is 4.17. The zero-order valence-corrected chi connectivity index (χ0v) is 6.83. The lowest BCUT2D eigenvalue weighted by Crippen LogP contribution is -1.95. The standard InChI is InChI=1S/C12H10/c1-3-7-11(8-4-1)12-9-5-2-6-10-12/h3-9,12H,10H2. The van der Waals surface area contributed by atoms with Gasteiger partial charge in [0.25, 0.3) is 0 Å². The highest BCUT2D eigenvalue weighted by atomic mass is 14.1. The van der Waals surface area contributed by atoms with E-state index in [4.69, 9.17) is 0 Å². The van der Waals surface area contributed by atoms with Gasteiger partial charge >= 0.3 is 0 Å². The largest absolute Gasteiger partial charge is 0.0761 e. The Morgan fingerprint density at radius 1 is 1.25 bits per heavy atom. The molecular weight excluding hydrogens is 144 g/mol. The van der Waals surface area contributed by atoms with Crippen molar-refractivity contribution in [3.63, 3.8) is 0 Å². The Kier molecular flexibility index (Phi) is 2.08. The molecule has 2 radical (unpaired) electrons. The van der Waals surface area contributed by atoms with Gasteiger partial charge < -0.3 is 0 Å². The van der Waals surface area contributed by atoms with Crippen molar-refractivity contribution in [2.24, 2.45) is 0 Å². The van der Waals surface area contributed by atoms with E-state index < -0.39 is 0 Å². The monoisotopic (exact) mass is 154 g/mol. The molecule has 0 nitrogen and oxygen atoms in total. The van der Waals surface area contributed by atoms with Gasteiger partial charge in [0.2, 0.25) is 0 Å². The summed E-state index contributed by atoms with van der Waals surface area (Å²) in [6, 6.07) is 11.2. The summed E-state index contributed by atoms with van der Waals surface area (Å²) >= 11 is 0. The molecule has 1 unspecified atom stereocenters. The van der Waals surface area contributed by atoms with E-state index in [1.54, 1.807) is 0 Å². The summed E-state index contributed by atoms with van der Waals surface area (Å²) in [5.41, 5.74) is 1.36. The van der Waals surface area contributed by atoms with Gasteiger partial charge in [-0.05, 0) is 24.1 Å². The summed E-state index contributed by atoms with van der Waals surface area (Å²) in [4.78, 5) is 0. The second-order valence-corrected chi connectivity index (χ2v) is 2.91. The van der Waals surface area contributed by atoms with Gasteiger partial charge in [-0.1, -0.05) is 42.5 Å². The van der Waals surface area contributed by atoms with E-state index in [1.807, 2.05) is 18.2 Å². The van der Waals surface area contributed by atoms with E-state index in [1.165, 1.54) is 5.56 Å². The van der Waals surface area contributed by atoms with Gasteiger partial charge in [-0.2, -0.15) is 0 Å². The van der Waals surface area contributed by atoms with Gasteiger partial charge in [-0.15, -0.1) is 0 Å². The molecule has 1 atom stereocenters. The first kappa shape index (κ1) is 7.35. The second kappa shape index (κ2) is 3.40. The first-order chi connectivity index (χ1) is 5.97. The average Bonchev–Trinajstić information content (AvgIpc) is 2.21. The summed E-state index contributed by atoms with van der Waals surface area (Å²) in [6.07, 6.45) is 10.4. The first-order valence-electron chi connectivity index (χ1n) is 4.17. The van der Waals surface area contributed by atoms with Gasteiger partial charge in [0.05, 0.1) is 0 Å². The molecule has 1 aliphatic rings. The van der Waals surface area contributed by atoms with E-state index in [0.29, 0.717) is 5.92 Å². The van der Waals surface area contributed by atoms with Crippen LogP contribution in [0.15, 0.2) is 42.5 Å². The van der Waals surface area contributed by atoms with Crippen LogP contribution in [0.2, 0.25) is 0 Å². The van der Waals surface area contributed by atoms with Crippen molar-refractivity contribution in [1.29, 1.82) is 0 Å². The Bertz CT molecular complexity index is 293. The lowest BCUT2D eigenvalue weighted by Gasteiger charge is -2.12. The van der Waals surface area contributed by atoms with Crippen LogP contribution in [0, 0.1) is 12.1 Å². The van der Waals surface area contributed by atoms with Gasteiger partial charge in [-0.3, -0.25) is 0 Å². The number of rotatable bonds is 1. The van der Waals surface area contributed by atoms with E-state index in [2.05, 4.69) is 36.4 Å².